The fraction of sp³-hybridized carbons (Fsp3) is 0.850. The summed E-state index contributed by atoms with van der Waals surface area (Å²) in [5.74, 6) is 0.721. The van der Waals surface area contributed by atoms with Crippen molar-refractivity contribution >= 4 is 17.7 Å². The smallest absolute Gasteiger partial charge is 0.410 e. The van der Waals surface area contributed by atoms with Crippen molar-refractivity contribution in [2.75, 3.05) is 20.1 Å². The Labute approximate surface area is 161 Å². The van der Waals surface area contributed by atoms with Crippen molar-refractivity contribution in [2.24, 2.45) is 17.0 Å². The van der Waals surface area contributed by atoms with Gasteiger partial charge in [0.2, 0.25) is 5.91 Å². The highest BCUT2D eigenvalue weighted by molar-refractivity contribution is 5.89. The minimum Gasteiger partial charge on any atom is -0.444 e. The van der Waals surface area contributed by atoms with Gasteiger partial charge in [0.25, 0.3) is 0 Å². The number of oxime groups is 1. The SMILES string of the molecule is CNC(=O)C1CCC(C2=NOC3(CCN(C(=O)OC(C)(C)C)CC3)C2)CC1. The third-order valence-electron chi connectivity index (χ3n) is 6.00. The van der Waals surface area contributed by atoms with Crippen LogP contribution in [-0.4, -0.2) is 54.0 Å². The minimum absolute atomic E-state index is 0.139. The van der Waals surface area contributed by atoms with Gasteiger partial charge in [0.15, 0.2) is 0 Å². The van der Waals surface area contributed by atoms with Crippen LogP contribution in [0.4, 0.5) is 4.79 Å². The van der Waals surface area contributed by atoms with E-state index in [9.17, 15) is 9.59 Å². The maximum Gasteiger partial charge on any atom is 0.410 e. The molecule has 3 rings (SSSR count). The molecule has 1 aliphatic carbocycles. The fourth-order valence-electron chi connectivity index (χ4n) is 4.35. The Morgan fingerprint density at radius 2 is 1.81 bits per heavy atom. The van der Waals surface area contributed by atoms with Crippen molar-refractivity contribution < 1.29 is 19.2 Å². The highest BCUT2D eigenvalue weighted by Gasteiger charge is 2.45. The molecule has 2 heterocycles. The van der Waals surface area contributed by atoms with Gasteiger partial charge in [0.05, 0.1) is 5.71 Å². The predicted octanol–water partition coefficient (Wildman–Crippen LogP) is 3.08. The third kappa shape index (κ3) is 4.74. The van der Waals surface area contributed by atoms with E-state index >= 15 is 0 Å². The lowest BCUT2D eigenvalue weighted by Gasteiger charge is -2.38. The number of rotatable bonds is 2. The lowest BCUT2D eigenvalue weighted by molar-refractivity contribution is -0.125. The van der Waals surface area contributed by atoms with Gasteiger partial charge in [-0.05, 0) is 46.5 Å². The first-order valence-electron chi connectivity index (χ1n) is 10.2. The van der Waals surface area contributed by atoms with E-state index in [1.165, 1.54) is 0 Å². The molecule has 1 saturated carbocycles. The second-order valence-electron chi connectivity index (χ2n) is 9.16. The molecule has 27 heavy (non-hydrogen) atoms. The molecule has 7 heteroatoms. The van der Waals surface area contributed by atoms with Gasteiger partial charge < -0.3 is 19.8 Å². The van der Waals surface area contributed by atoms with Crippen molar-refractivity contribution in [3.63, 3.8) is 0 Å². The number of amides is 2. The van der Waals surface area contributed by atoms with Crippen LogP contribution in [0.15, 0.2) is 5.16 Å². The summed E-state index contributed by atoms with van der Waals surface area (Å²) in [4.78, 5) is 31.7. The van der Waals surface area contributed by atoms with E-state index < -0.39 is 5.60 Å². The van der Waals surface area contributed by atoms with Crippen LogP contribution in [0.3, 0.4) is 0 Å². The monoisotopic (exact) mass is 379 g/mol. The summed E-state index contributed by atoms with van der Waals surface area (Å²) in [5.41, 5.74) is 0.418. The maximum absolute atomic E-state index is 12.2. The number of carbonyl (C=O) groups excluding carboxylic acids is 2. The Kier molecular flexibility index (Phi) is 5.68. The molecule has 0 unspecified atom stereocenters. The molecule has 0 aromatic rings. The van der Waals surface area contributed by atoms with Gasteiger partial charge in [0.1, 0.15) is 11.2 Å². The first-order valence-corrected chi connectivity index (χ1v) is 10.2. The molecule has 0 atom stereocenters. The van der Waals surface area contributed by atoms with Crippen LogP contribution in [0.2, 0.25) is 0 Å². The molecule has 7 nitrogen and oxygen atoms in total. The molecule has 0 aromatic carbocycles. The second-order valence-corrected chi connectivity index (χ2v) is 9.16. The quantitative estimate of drug-likeness (QED) is 0.799. The van der Waals surface area contributed by atoms with E-state index in [2.05, 4.69) is 10.5 Å². The number of hydrogen-bond acceptors (Lipinski definition) is 5. The lowest BCUT2D eigenvalue weighted by Crippen LogP contribution is -2.48. The summed E-state index contributed by atoms with van der Waals surface area (Å²) in [5, 5.41) is 7.19. The van der Waals surface area contributed by atoms with Crippen LogP contribution in [0, 0.1) is 11.8 Å². The van der Waals surface area contributed by atoms with Crippen molar-refractivity contribution in [3.8, 4) is 0 Å². The second kappa shape index (κ2) is 7.68. The molecular weight excluding hydrogens is 346 g/mol. The number of carbonyl (C=O) groups is 2. The average Bonchev–Trinajstić information content (AvgIpc) is 3.04. The van der Waals surface area contributed by atoms with Crippen LogP contribution in [0.1, 0.15) is 65.7 Å². The molecule has 0 aromatic heterocycles. The summed E-state index contributed by atoms with van der Waals surface area (Å²) in [6.45, 7) is 6.93. The molecule has 1 saturated heterocycles. The van der Waals surface area contributed by atoms with E-state index in [-0.39, 0.29) is 23.5 Å². The van der Waals surface area contributed by atoms with E-state index in [4.69, 9.17) is 9.57 Å². The standard InChI is InChI=1S/C20H33N3O4/c1-19(2,3)26-18(25)23-11-9-20(10-12-23)13-16(22-27-20)14-5-7-15(8-6-14)17(24)21-4/h14-15H,5-13H2,1-4H3,(H,21,24). The molecule has 2 aliphatic heterocycles. The average molecular weight is 380 g/mol. The molecule has 1 N–H and O–H groups in total. The zero-order valence-corrected chi connectivity index (χ0v) is 17.0. The highest BCUT2D eigenvalue weighted by Crippen LogP contribution is 2.40. The number of likely N-dealkylation sites (tertiary alicyclic amines) is 1. The Bertz CT molecular complexity index is 595. The number of hydrogen-bond donors (Lipinski definition) is 1. The van der Waals surface area contributed by atoms with E-state index in [0.717, 1.165) is 50.7 Å². The number of ether oxygens (including phenoxy) is 1. The zero-order chi connectivity index (χ0) is 19.7. The van der Waals surface area contributed by atoms with Gasteiger partial charge in [-0.2, -0.15) is 0 Å². The molecular formula is C20H33N3O4. The normalized spacial score (nSPS) is 27.7. The molecule has 152 valence electrons. The van der Waals surface area contributed by atoms with Crippen LogP contribution >= 0.6 is 0 Å². The van der Waals surface area contributed by atoms with E-state index in [1.807, 2.05) is 20.8 Å². The van der Waals surface area contributed by atoms with Gasteiger partial charge >= 0.3 is 6.09 Å². The van der Waals surface area contributed by atoms with Crippen molar-refractivity contribution in [3.05, 3.63) is 0 Å². The number of piperidine rings is 1. The Morgan fingerprint density at radius 3 is 2.37 bits per heavy atom. The summed E-state index contributed by atoms with van der Waals surface area (Å²) in [6, 6.07) is 0. The third-order valence-corrected chi connectivity index (χ3v) is 6.00. The van der Waals surface area contributed by atoms with Crippen molar-refractivity contribution in [2.45, 2.75) is 76.9 Å². The molecule has 2 fully saturated rings. The van der Waals surface area contributed by atoms with Gasteiger partial charge in [-0.3, -0.25) is 4.79 Å². The molecule has 3 aliphatic rings. The Balaban J connectivity index is 1.47. The minimum atomic E-state index is -0.472. The largest absolute Gasteiger partial charge is 0.444 e. The van der Waals surface area contributed by atoms with Gasteiger partial charge in [-0.25, -0.2) is 4.79 Å². The van der Waals surface area contributed by atoms with Crippen molar-refractivity contribution in [1.29, 1.82) is 0 Å². The van der Waals surface area contributed by atoms with Crippen LogP contribution < -0.4 is 5.32 Å². The number of nitrogens with one attached hydrogen (secondary N) is 1. The topological polar surface area (TPSA) is 80.2 Å². The van der Waals surface area contributed by atoms with E-state index in [0.29, 0.717) is 19.0 Å². The molecule has 2 amide bonds. The van der Waals surface area contributed by atoms with E-state index in [1.54, 1.807) is 11.9 Å². The fourth-order valence-corrected chi connectivity index (χ4v) is 4.35. The van der Waals surface area contributed by atoms with Crippen LogP contribution in [0.25, 0.3) is 0 Å². The summed E-state index contributed by atoms with van der Waals surface area (Å²) >= 11 is 0. The van der Waals surface area contributed by atoms with Crippen molar-refractivity contribution in [1.82, 2.24) is 10.2 Å². The van der Waals surface area contributed by atoms with Gasteiger partial charge in [0, 0.05) is 51.2 Å². The molecule has 0 radical (unpaired) electrons. The Hall–Kier alpha value is -1.79. The summed E-state index contributed by atoms with van der Waals surface area (Å²) in [7, 11) is 1.71. The first kappa shape index (κ1) is 20.0. The van der Waals surface area contributed by atoms with Crippen LogP contribution in [-0.2, 0) is 14.4 Å². The van der Waals surface area contributed by atoms with Crippen LogP contribution in [0.5, 0.6) is 0 Å². The molecule has 0 bridgehead atoms. The highest BCUT2D eigenvalue weighted by atomic mass is 16.7. The first-order chi connectivity index (χ1) is 12.7. The molecule has 1 spiro atoms. The van der Waals surface area contributed by atoms with Gasteiger partial charge in [-0.1, -0.05) is 5.16 Å². The number of nitrogens with zero attached hydrogens (tertiary/aromatic N) is 2. The van der Waals surface area contributed by atoms with Gasteiger partial charge in [-0.15, -0.1) is 0 Å². The zero-order valence-electron chi connectivity index (χ0n) is 17.0. The summed E-state index contributed by atoms with van der Waals surface area (Å²) < 4.78 is 5.47. The predicted molar refractivity (Wildman–Crippen MR) is 102 cm³/mol. The Morgan fingerprint density at radius 1 is 1.19 bits per heavy atom. The maximum atomic E-state index is 12.2. The lowest BCUT2D eigenvalue weighted by atomic mass is 9.76. The summed E-state index contributed by atoms with van der Waals surface area (Å²) in [6.07, 6.45) is 6.01.